The Kier molecular flexibility index (Phi) is 5.15. The van der Waals surface area contributed by atoms with Crippen molar-refractivity contribution >= 4 is 5.91 Å². The van der Waals surface area contributed by atoms with Gasteiger partial charge in [-0.15, -0.1) is 0 Å². The maximum atomic E-state index is 11.5. The van der Waals surface area contributed by atoms with Gasteiger partial charge in [0, 0.05) is 45.5 Å². The molecule has 1 aromatic rings. The van der Waals surface area contributed by atoms with Gasteiger partial charge in [-0.3, -0.25) is 4.79 Å². The van der Waals surface area contributed by atoms with Gasteiger partial charge in [0.05, 0.1) is 6.54 Å². The summed E-state index contributed by atoms with van der Waals surface area (Å²) >= 11 is 0. The first-order valence-electron chi connectivity index (χ1n) is 5.94. The van der Waals surface area contributed by atoms with Gasteiger partial charge in [0.25, 0.3) is 0 Å². The highest BCUT2D eigenvalue weighted by molar-refractivity contribution is 5.75. The van der Waals surface area contributed by atoms with Crippen LogP contribution in [0.15, 0.2) is 12.4 Å². The van der Waals surface area contributed by atoms with E-state index < -0.39 is 0 Å². The lowest BCUT2D eigenvalue weighted by Crippen LogP contribution is -2.25. The second-order valence-electron chi connectivity index (χ2n) is 4.61. The number of aryl methyl sites for hydroxylation is 1. The predicted octanol–water partition coefficient (Wildman–Crippen LogP) is 0.859. The van der Waals surface area contributed by atoms with E-state index in [-0.39, 0.29) is 5.91 Å². The number of aromatic nitrogens is 2. The molecule has 96 valence electrons. The van der Waals surface area contributed by atoms with Gasteiger partial charge >= 0.3 is 0 Å². The third-order valence-electron chi connectivity index (χ3n) is 2.54. The molecule has 1 N–H and O–H groups in total. The van der Waals surface area contributed by atoms with Crippen molar-refractivity contribution in [2.45, 2.75) is 39.4 Å². The van der Waals surface area contributed by atoms with Crippen LogP contribution in [0.3, 0.4) is 0 Å². The van der Waals surface area contributed by atoms with Gasteiger partial charge in [-0.05, 0) is 0 Å². The number of nitrogens with one attached hydrogen (secondary N) is 1. The molecule has 0 aliphatic heterocycles. The molecule has 17 heavy (non-hydrogen) atoms. The van der Waals surface area contributed by atoms with Crippen molar-refractivity contribution in [3.05, 3.63) is 18.2 Å². The Balaban J connectivity index is 2.48. The average Bonchev–Trinajstić information content (AvgIpc) is 2.70. The molecule has 0 atom stereocenters. The van der Waals surface area contributed by atoms with Crippen LogP contribution in [-0.4, -0.2) is 40.5 Å². The van der Waals surface area contributed by atoms with E-state index in [0.29, 0.717) is 19.0 Å². The zero-order valence-electron chi connectivity index (χ0n) is 11.1. The normalized spacial score (nSPS) is 10.9. The lowest BCUT2D eigenvalue weighted by molar-refractivity contribution is -0.128. The predicted molar refractivity (Wildman–Crippen MR) is 67.5 cm³/mol. The second-order valence-corrected chi connectivity index (χ2v) is 4.61. The van der Waals surface area contributed by atoms with E-state index in [9.17, 15) is 4.79 Å². The maximum absolute atomic E-state index is 11.5. The van der Waals surface area contributed by atoms with Crippen molar-refractivity contribution < 1.29 is 4.79 Å². The molecule has 1 rings (SSSR count). The lowest BCUT2D eigenvalue weighted by Gasteiger charge is -2.13. The summed E-state index contributed by atoms with van der Waals surface area (Å²) in [6.45, 7) is 5.62. The standard InChI is InChI=1S/C12H22N4O/c1-10(2)14-9-11-13-6-8-16(11)7-5-12(17)15(3)4/h6,8,10,14H,5,7,9H2,1-4H3. The summed E-state index contributed by atoms with van der Waals surface area (Å²) in [5, 5.41) is 3.32. The molecular weight excluding hydrogens is 216 g/mol. The van der Waals surface area contributed by atoms with Crippen molar-refractivity contribution in [3.8, 4) is 0 Å². The van der Waals surface area contributed by atoms with Gasteiger partial charge in [0.1, 0.15) is 5.82 Å². The average molecular weight is 238 g/mol. The van der Waals surface area contributed by atoms with E-state index in [2.05, 4.69) is 24.1 Å². The zero-order valence-corrected chi connectivity index (χ0v) is 11.1. The molecule has 0 aliphatic carbocycles. The quantitative estimate of drug-likeness (QED) is 0.799. The third kappa shape index (κ3) is 4.56. The largest absolute Gasteiger partial charge is 0.349 e. The Morgan fingerprint density at radius 1 is 1.53 bits per heavy atom. The summed E-state index contributed by atoms with van der Waals surface area (Å²) in [6, 6.07) is 0.434. The molecule has 5 heteroatoms. The first-order valence-corrected chi connectivity index (χ1v) is 5.94. The van der Waals surface area contributed by atoms with E-state index in [4.69, 9.17) is 0 Å². The smallest absolute Gasteiger partial charge is 0.223 e. The Morgan fingerprint density at radius 2 is 2.24 bits per heavy atom. The van der Waals surface area contributed by atoms with Crippen LogP contribution < -0.4 is 5.32 Å². The molecule has 1 heterocycles. The molecule has 0 radical (unpaired) electrons. The van der Waals surface area contributed by atoms with Crippen LogP contribution in [0.5, 0.6) is 0 Å². The van der Waals surface area contributed by atoms with Gasteiger partial charge < -0.3 is 14.8 Å². The highest BCUT2D eigenvalue weighted by atomic mass is 16.2. The molecule has 0 saturated carbocycles. The van der Waals surface area contributed by atoms with Crippen LogP contribution in [-0.2, 0) is 17.9 Å². The molecule has 0 bridgehead atoms. The first kappa shape index (κ1) is 13.7. The summed E-state index contributed by atoms with van der Waals surface area (Å²) < 4.78 is 2.02. The first-order chi connectivity index (χ1) is 8.00. The minimum absolute atomic E-state index is 0.140. The number of nitrogens with zero attached hydrogens (tertiary/aromatic N) is 3. The second kappa shape index (κ2) is 6.39. The van der Waals surface area contributed by atoms with Crippen LogP contribution in [0.25, 0.3) is 0 Å². The molecule has 0 fully saturated rings. The van der Waals surface area contributed by atoms with Gasteiger partial charge in [-0.25, -0.2) is 4.98 Å². The van der Waals surface area contributed by atoms with E-state index in [1.54, 1.807) is 25.2 Å². The minimum atomic E-state index is 0.140. The summed E-state index contributed by atoms with van der Waals surface area (Å²) in [4.78, 5) is 17.4. The topological polar surface area (TPSA) is 50.2 Å². The van der Waals surface area contributed by atoms with Crippen molar-refractivity contribution in [1.29, 1.82) is 0 Å². The summed E-state index contributed by atoms with van der Waals surface area (Å²) in [6.07, 6.45) is 4.20. The summed E-state index contributed by atoms with van der Waals surface area (Å²) in [5.74, 6) is 1.12. The Labute approximate surface area is 103 Å². The van der Waals surface area contributed by atoms with E-state index in [0.717, 1.165) is 12.4 Å². The maximum Gasteiger partial charge on any atom is 0.223 e. The number of amides is 1. The van der Waals surface area contributed by atoms with E-state index in [1.807, 2.05) is 10.8 Å². The summed E-state index contributed by atoms with van der Waals surface area (Å²) in [7, 11) is 3.55. The number of carbonyl (C=O) groups excluding carboxylic acids is 1. The highest BCUT2D eigenvalue weighted by Gasteiger charge is 2.07. The molecule has 0 aliphatic rings. The van der Waals surface area contributed by atoms with Gasteiger partial charge in [0.15, 0.2) is 0 Å². The van der Waals surface area contributed by atoms with Crippen LogP contribution in [0.2, 0.25) is 0 Å². The molecule has 5 nitrogen and oxygen atoms in total. The van der Waals surface area contributed by atoms with Gasteiger partial charge in [-0.1, -0.05) is 13.8 Å². The van der Waals surface area contributed by atoms with Crippen molar-refractivity contribution in [3.63, 3.8) is 0 Å². The minimum Gasteiger partial charge on any atom is -0.349 e. The van der Waals surface area contributed by atoms with E-state index in [1.165, 1.54) is 0 Å². The van der Waals surface area contributed by atoms with Crippen LogP contribution in [0.1, 0.15) is 26.1 Å². The fraction of sp³-hybridized carbons (Fsp3) is 0.667. The monoisotopic (exact) mass is 238 g/mol. The third-order valence-corrected chi connectivity index (χ3v) is 2.54. The van der Waals surface area contributed by atoms with Crippen molar-refractivity contribution in [2.24, 2.45) is 0 Å². The van der Waals surface area contributed by atoms with Crippen LogP contribution >= 0.6 is 0 Å². The molecule has 1 aromatic heterocycles. The van der Waals surface area contributed by atoms with Crippen LogP contribution in [0.4, 0.5) is 0 Å². The van der Waals surface area contributed by atoms with Crippen molar-refractivity contribution in [1.82, 2.24) is 19.8 Å². The molecule has 0 aromatic carbocycles. The fourth-order valence-electron chi connectivity index (χ4n) is 1.45. The Morgan fingerprint density at radius 3 is 2.82 bits per heavy atom. The molecule has 0 saturated heterocycles. The summed E-state index contributed by atoms with van der Waals surface area (Å²) in [5.41, 5.74) is 0. The number of carbonyl (C=O) groups is 1. The molecule has 1 amide bonds. The highest BCUT2D eigenvalue weighted by Crippen LogP contribution is 2.01. The van der Waals surface area contributed by atoms with Gasteiger partial charge in [-0.2, -0.15) is 0 Å². The zero-order chi connectivity index (χ0) is 12.8. The fourth-order valence-corrected chi connectivity index (χ4v) is 1.45. The number of hydrogen-bond acceptors (Lipinski definition) is 3. The van der Waals surface area contributed by atoms with Crippen molar-refractivity contribution in [2.75, 3.05) is 14.1 Å². The lowest BCUT2D eigenvalue weighted by atomic mass is 10.3. The molecule has 0 unspecified atom stereocenters. The number of hydrogen-bond donors (Lipinski definition) is 1. The molecular formula is C12H22N4O. The Hall–Kier alpha value is -1.36. The number of imidazole rings is 1. The Bertz CT molecular complexity index is 357. The SMILES string of the molecule is CC(C)NCc1nccn1CCC(=O)N(C)C. The van der Waals surface area contributed by atoms with Gasteiger partial charge in [0.2, 0.25) is 5.91 Å². The van der Waals surface area contributed by atoms with E-state index >= 15 is 0 Å². The van der Waals surface area contributed by atoms with Crippen LogP contribution in [0, 0.1) is 0 Å². The molecule has 0 spiro atoms. The number of rotatable bonds is 6.